The van der Waals surface area contributed by atoms with Crippen LogP contribution in [-0.2, 0) is 4.79 Å². The molecule has 0 radical (unpaired) electrons. The van der Waals surface area contributed by atoms with Crippen LogP contribution < -0.4 is 19.1 Å². The number of anilines is 1. The number of carbonyl (C=O) groups is 1. The Morgan fingerprint density at radius 1 is 1.22 bits per heavy atom. The molecule has 4 rings (SSSR count). The molecule has 0 spiro atoms. The van der Waals surface area contributed by atoms with Crippen LogP contribution in [0.1, 0.15) is 5.56 Å². The van der Waals surface area contributed by atoms with Gasteiger partial charge in [-0.05, 0) is 42.1 Å². The van der Waals surface area contributed by atoms with Crippen LogP contribution in [0.2, 0.25) is 10.0 Å². The molecule has 0 saturated carbocycles. The van der Waals surface area contributed by atoms with Crippen molar-refractivity contribution in [2.45, 2.75) is 0 Å². The van der Waals surface area contributed by atoms with Crippen LogP contribution in [0.25, 0.3) is 6.08 Å². The monoisotopic (exact) mass is 422 g/mol. The Kier molecular flexibility index (Phi) is 4.67. The highest BCUT2D eigenvalue weighted by atomic mass is 35.5. The first-order valence-electron chi connectivity index (χ1n) is 7.73. The maximum Gasteiger partial charge on any atom is 0.271 e. The summed E-state index contributed by atoms with van der Waals surface area (Å²) >= 11 is 13.3. The van der Waals surface area contributed by atoms with E-state index in [2.05, 4.69) is 0 Å². The van der Waals surface area contributed by atoms with Crippen molar-refractivity contribution in [3.63, 3.8) is 0 Å². The SMILES string of the molecule is COc1c(Cl)cc(Cl)cc1/C=C1/SC(=N)N(c2ccc3c(c2)OCO3)C1=O. The van der Waals surface area contributed by atoms with Gasteiger partial charge in [0.1, 0.15) is 5.75 Å². The zero-order valence-electron chi connectivity index (χ0n) is 13.9. The summed E-state index contributed by atoms with van der Waals surface area (Å²) < 4.78 is 15.9. The van der Waals surface area contributed by atoms with Gasteiger partial charge in [-0.1, -0.05) is 23.2 Å². The van der Waals surface area contributed by atoms with Crippen LogP contribution in [0.5, 0.6) is 17.2 Å². The van der Waals surface area contributed by atoms with Gasteiger partial charge in [0, 0.05) is 16.7 Å². The number of fused-ring (bicyclic) bond motifs is 1. The van der Waals surface area contributed by atoms with Gasteiger partial charge in [0.05, 0.1) is 22.7 Å². The number of nitrogens with zero attached hydrogens (tertiary/aromatic N) is 1. The minimum Gasteiger partial charge on any atom is -0.495 e. The molecule has 2 aromatic carbocycles. The summed E-state index contributed by atoms with van der Waals surface area (Å²) in [6.45, 7) is 0.138. The maximum absolute atomic E-state index is 12.9. The molecule has 1 fully saturated rings. The Labute approximate surface area is 169 Å². The van der Waals surface area contributed by atoms with E-state index >= 15 is 0 Å². The van der Waals surface area contributed by atoms with Crippen molar-refractivity contribution in [1.29, 1.82) is 5.41 Å². The molecule has 0 unspecified atom stereocenters. The quantitative estimate of drug-likeness (QED) is 0.719. The van der Waals surface area contributed by atoms with Crippen molar-refractivity contribution in [3.8, 4) is 17.2 Å². The number of amides is 1. The topological polar surface area (TPSA) is 71.8 Å². The number of thioether (sulfide) groups is 1. The third-order valence-corrected chi connectivity index (χ3v) is 5.35. The van der Waals surface area contributed by atoms with Crippen LogP contribution in [0.4, 0.5) is 5.69 Å². The lowest BCUT2D eigenvalue weighted by Gasteiger charge is -2.14. The molecule has 2 aliphatic rings. The number of rotatable bonds is 3. The number of benzene rings is 2. The van der Waals surface area contributed by atoms with E-state index in [-0.39, 0.29) is 17.9 Å². The van der Waals surface area contributed by atoms with Crippen LogP contribution in [0.15, 0.2) is 35.2 Å². The fourth-order valence-electron chi connectivity index (χ4n) is 2.79. The standard InChI is InChI=1S/C18H12Cl2N2O4S/c1-24-16-9(4-10(19)6-12(16)20)5-15-17(23)22(18(21)27-15)11-2-3-13-14(7-11)26-8-25-13/h2-7,21H,8H2,1H3/b15-5+,21-18?. The largest absolute Gasteiger partial charge is 0.495 e. The Morgan fingerprint density at radius 3 is 2.78 bits per heavy atom. The second-order valence-corrected chi connectivity index (χ2v) is 7.48. The number of carbonyl (C=O) groups excluding carboxylic acids is 1. The molecular formula is C18H12Cl2N2O4S. The summed E-state index contributed by atoms with van der Waals surface area (Å²) in [4.78, 5) is 14.6. The number of halogens is 2. The van der Waals surface area contributed by atoms with E-state index in [4.69, 9.17) is 42.8 Å². The highest BCUT2D eigenvalue weighted by molar-refractivity contribution is 8.19. The number of nitrogens with one attached hydrogen (secondary N) is 1. The first-order chi connectivity index (χ1) is 13.0. The average molecular weight is 423 g/mol. The molecule has 9 heteroatoms. The van der Waals surface area contributed by atoms with Crippen LogP contribution >= 0.6 is 35.0 Å². The zero-order chi connectivity index (χ0) is 19.1. The van der Waals surface area contributed by atoms with E-state index in [1.54, 1.807) is 36.4 Å². The summed E-state index contributed by atoms with van der Waals surface area (Å²) in [5, 5.41) is 9.07. The van der Waals surface area contributed by atoms with Crippen molar-refractivity contribution in [3.05, 3.63) is 50.8 Å². The minimum atomic E-state index is -0.331. The molecular weight excluding hydrogens is 411 g/mol. The fraction of sp³-hybridized carbons (Fsp3) is 0.111. The van der Waals surface area contributed by atoms with Crippen molar-refractivity contribution in [2.75, 3.05) is 18.8 Å². The van der Waals surface area contributed by atoms with Gasteiger partial charge in [0.15, 0.2) is 16.7 Å². The lowest BCUT2D eigenvalue weighted by atomic mass is 10.1. The first kappa shape index (κ1) is 18.0. The molecule has 0 aromatic heterocycles. The van der Waals surface area contributed by atoms with Crippen molar-refractivity contribution >= 4 is 57.8 Å². The second kappa shape index (κ2) is 6.99. The molecule has 0 atom stereocenters. The van der Waals surface area contributed by atoms with Crippen molar-refractivity contribution < 1.29 is 19.0 Å². The fourth-order valence-corrected chi connectivity index (χ4v) is 4.23. The van der Waals surface area contributed by atoms with E-state index < -0.39 is 0 Å². The van der Waals surface area contributed by atoms with Gasteiger partial charge >= 0.3 is 0 Å². The van der Waals surface area contributed by atoms with Gasteiger partial charge in [-0.15, -0.1) is 0 Å². The minimum absolute atomic E-state index is 0.0807. The Balaban J connectivity index is 1.71. The maximum atomic E-state index is 12.9. The summed E-state index contributed by atoms with van der Waals surface area (Å²) in [6, 6.07) is 8.31. The molecule has 0 bridgehead atoms. The summed E-state index contributed by atoms with van der Waals surface area (Å²) in [5.41, 5.74) is 1.09. The lowest BCUT2D eigenvalue weighted by Crippen LogP contribution is -2.28. The van der Waals surface area contributed by atoms with Gasteiger partial charge in [-0.25, -0.2) is 0 Å². The molecule has 2 aromatic rings. The van der Waals surface area contributed by atoms with Gasteiger partial charge < -0.3 is 14.2 Å². The number of hydrogen-bond donors (Lipinski definition) is 1. The van der Waals surface area contributed by atoms with Crippen molar-refractivity contribution in [2.24, 2.45) is 0 Å². The van der Waals surface area contributed by atoms with Crippen LogP contribution in [-0.4, -0.2) is 25.0 Å². The molecule has 27 heavy (non-hydrogen) atoms. The first-order valence-corrected chi connectivity index (χ1v) is 9.30. The van der Waals surface area contributed by atoms with Gasteiger partial charge in [-0.2, -0.15) is 0 Å². The molecule has 138 valence electrons. The highest BCUT2D eigenvalue weighted by Crippen LogP contribution is 2.41. The Hall–Kier alpha value is -2.35. The Bertz CT molecular complexity index is 1010. The zero-order valence-corrected chi connectivity index (χ0v) is 16.2. The number of amidine groups is 1. The van der Waals surface area contributed by atoms with Crippen LogP contribution in [0, 0.1) is 5.41 Å². The molecule has 1 N–H and O–H groups in total. The van der Waals surface area contributed by atoms with Gasteiger partial charge in [0.2, 0.25) is 6.79 Å². The Morgan fingerprint density at radius 2 is 2.00 bits per heavy atom. The highest BCUT2D eigenvalue weighted by Gasteiger charge is 2.34. The lowest BCUT2D eigenvalue weighted by molar-refractivity contribution is -0.113. The van der Waals surface area contributed by atoms with E-state index in [0.29, 0.717) is 43.4 Å². The molecule has 6 nitrogen and oxygen atoms in total. The van der Waals surface area contributed by atoms with Crippen molar-refractivity contribution in [1.82, 2.24) is 0 Å². The van der Waals surface area contributed by atoms with E-state index in [1.807, 2.05) is 0 Å². The smallest absolute Gasteiger partial charge is 0.271 e. The predicted molar refractivity (Wildman–Crippen MR) is 106 cm³/mol. The molecule has 0 aliphatic carbocycles. The normalized spacial score (nSPS) is 17.1. The van der Waals surface area contributed by atoms with E-state index in [9.17, 15) is 4.79 Å². The summed E-state index contributed by atoms with van der Waals surface area (Å²) in [5.74, 6) is 1.23. The van der Waals surface area contributed by atoms with Gasteiger partial charge in [0.25, 0.3) is 5.91 Å². The molecule has 2 heterocycles. The number of ether oxygens (including phenoxy) is 3. The third-order valence-electron chi connectivity index (χ3n) is 3.97. The molecule has 1 amide bonds. The molecule has 2 aliphatic heterocycles. The number of methoxy groups -OCH3 is 1. The van der Waals surface area contributed by atoms with Gasteiger partial charge in [-0.3, -0.25) is 15.1 Å². The van der Waals surface area contributed by atoms with E-state index in [1.165, 1.54) is 12.0 Å². The second-order valence-electron chi connectivity index (χ2n) is 5.60. The van der Waals surface area contributed by atoms with E-state index in [0.717, 1.165) is 11.8 Å². The number of hydrogen-bond acceptors (Lipinski definition) is 6. The summed E-state index contributed by atoms with van der Waals surface area (Å²) in [7, 11) is 1.49. The average Bonchev–Trinajstić information content (AvgIpc) is 3.18. The van der Waals surface area contributed by atoms with Crippen LogP contribution in [0.3, 0.4) is 0 Å². The third kappa shape index (κ3) is 3.22. The predicted octanol–water partition coefficient (Wildman–Crippen LogP) is 4.79. The molecule has 1 saturated heterocycles. The summed E-state index contributed by atoms with van der Waals surface area (Å²) in [6.07, 6.45) is 1.62.